The van der Waals surface area contributed by atoms with Crippen molar-refractivity contribution in [2.24, 2.45) is 0 Å². The average Bonchev–Trinajstić information content (AvgIpc) is 2.75. The molecule has 1 atom stereocenters. The summed E-state index contributed by atoms with van der Waals surface area (Å²) in [4.78, 5) is 13.6. The van der Waals surface area contributed by atoms with Crippen molar-refractivity contribution in [3.05, 3.63) is 35.4 Å². The highest BCUT2D eigenvalue weighted by atomic mass is 16.4. The molecule has 0 radical (unpaired) electrons. The lowest BCUT2D eigenvalue weighted by Gasteiger charge is -2.40. The van der Waals surface area contributed by atoms with Gasteiger partial charge in [0.05, 0.1) is 5.92 Å². The van der Waals surface area contributed by atoms with E-state index < -0.39 is 13.0 Å². The third-order valence-corrected chi connectivity index (χ3v) is 5.08. The molecular weight excluding hydrogens is 253 g/mol. The lowest BCUT2D eigenvalue weighted by atomic mass is 9.70. The monoisotopic (exact) mass is 273 g/mol. The van der Waals surface area contributed by atoms with Gasteiger partial charge in [0, 0.05) is 0 Å². The first-order valence-corrected chi connectivity index (χ1v) is 7.28. The number of fused-ring (bicyclic) bond motifs is 2. The molecule has 0 bridgehead atoms. The van der Waals surface area contributed by atoms with Crippen molar-refractivity contribution >= 4 is 13.0 Å². The maximum absolute atomic E-state index is 11.5. The van der Waals surface area contributed by atoms with Crippen LogP contribution in [-0.4, -0.2) is 41.1 Å². The van der Waals surface area contributed by atoms with Crippen LogP contribution in [0.4, 0.5) is 0 Å². The van der Waals surface area contributed by atoms with Crippen molar-refractivity contribution in [2.75, 3.05) is 13.1 Å². The zero-order chi connectivity index (χ0) is 14.3. The van der Waals surface area contributed by atoms with E-state index >= 15 is 0 Å². The number of carboxylic acid groups (broad SMARTS) is 1. The van der Waals surface area contributed by atoms with Crippen LogP contribution in [0.3, 0.4) is 0 Å². The third kappa shape index (κ3) is 2.05. The Morgan fingerprint density at radius 3 is 2.60 bits per heavy atom. The van der Waals surface area contributed by atoms with Gasteiger partial charge in [-0.2, -0.15) is 0 Å². The number of rotatable bonds is 2. The molecular formula is C15H20BNO3. The molecule has 1 aliphatic heterocycles. The number of piperidine rings is 1. The minimum Gasteiger partial charge on any atom is -0.481 e. The smallest absolute Gasteiger partial charge is 0.376 e. The van der Waals surface area contributed by atoms with E-state index in [1.165, 1.54) is 5.56 Å². The summed E-state index contributed by atoms with van der Waals surface area (Å²) in [6.07, 6.45) is 2.56. The second-order valence-electron chi connectivity index (χ2n) is 6.13. The van der Waals surface area contributed by atoms with Crippen molar-refractivity contribution in [3.63, 3.8) is 0 Å². The Bertz CT molecular complexity index is 524. The molecule has 1 aliphatic carbocycles. The second-order valence-corrected chi connectivity index (χ2v) is 6.13. The summed E-state index contributed by atoms with van der Waals surface area (Å²) < 4.78 is 0. The quantitative estimate of drug-likeness (QED) is 0.805. The second kappa shape index (κ2) is 4.90. The van der Waals surface area contributed by atoms with E-state index in [1.807, 2.05) is 18.2 Å². The van der Waals surface area contributed by atoms with Gasteiger partial charge >= 0.3 is 13.0 Å². The van der Waals surface area contributed by atoms with Crippen LogP contribution in [0.1, 0.15) is 36.3 Å². The highest BCUT2D eigenvalue weighted by Gasteiger charge is 2.47. The molecule has 1 heterocycles. The van der Waals surface area contributed by atoms with Gasteiger partial charge in [-0.25, -0.2) is 0 Å². The molecule has 2 aliphatic rings. The fourth-order valence-electron chi connectivity index (χ4n) is 3.91. The minimum absolute atomic E-state index is 0.00889. The summed E-state index contributed by atoms with van der Waals surface area (Å²) in [5.41, 5.74) is 2.20. The molecule has 3 rings (SSSR count). The van der Waals surface area contributed by atoms with E-state index in [2.05, 4.69) is 10.9 Å². The van der Waals surface area contributed by atoms with Gasteiger partial charge in [0.1, 0.15) is 0 Å². The van der Waals surface area contributed by atoms with E-state index in [9.17, 15) is 14.9 Å². The van der Waals surface area contributed by atoms with Crippen molar-refractivity contribution < 1.29 is 14.9 Å². The Kier molecular flexibility index (Phi) is 3.34. The first-order valence-electron chi connectivity index (χ1n) is 7.28. The zero-order valence-corrected chi connectivity index (χ0v) is 11.7. The van der Waals surface area contributed by atoms with Gasteiger partial charge in [0.25, 0.3) is 0 Å². The maximum atomic E-state index is 11.5. The molecule has 1 fully saturated rings. The Hall–Kier alpha value is -1.33. The SMILES string of the molecule is CB(O)N1CCC2(CC1)CC(C(=O)O)c1ccccc12. The summed E-state index contributed by atoms with van der Waals surface area (Å²) in [5.74, 6) is -1.09. The molecule has 20 heavy (non-hydrogen) atoms. The van der Waals surface area contributed by atoms with Gasteiger partial charge < -0.3 is 14.9 Å². The van der Waals surface area contributed by atoms with Crippen LogP contribution < -0.4 is 0 Å². The van der Waals surface area contributed by atoms with Crippen LogP contribution in [-0.2, 0) is 10.2 Å². The molecule has 0 amide bonds. The number of hydrogen-bond donors (Lipinski definition) is 2. The number of aliphatic carboxylic acids is 1. The van der Waals surface area contributed by atoms with Gasteiger partial charge in [-0.05, 0) is 55.7 Å². The van der Waals surface area contributed by atoms with Crippen LogP contribution in [0.5, 0.6) is 0 Å². The van der Waals surface area contributed by atoms with Crippen LogP contribution in [0.15, 0.2) is 24.3 Å². The number of hydrogen-bond acceptors (Lipinski definition) is 3. The summed E-state index contributed by atoms with van der Waals surface area (Å²) in [5, 5.41) is 19.1. The first-order chi connectivity index (χ1) is 9.53. The maximum Gasteiger partial charge on any atom is 0.376 e. The van der Waals surface area contributed by atoms with Crippen molar-refractivity contribution in [3.8, 4) is 0 Å². The molecule has 1 aromatic carbocycles. The number of carbonyl (C=O) groups is 1. The van der Waals surface area contributed by atoms with Crippen LogP contribution in [0.2, 0.25) is 6.82 Å². The molecule has 2 N–H and O–H groups in total. The van der Waals surface area contributed by atoms with Crippen molar-refractivity contribution in [1.29, 1.82) is 0 Å². The van der Waals surface area contributed by atoms with E-state index in [0.29, 0.717) is 6.42 Å². The molecule has 1 spiro atoms. The molecule has 0 saturated carbocycles. The molecule has 1 aromatic rings. The Labute approximate surface area is 119 Å². The number of carboxylic acids is 1. The van der Waals surface area contributed by atoms with Gasteiger partial charge in [-0.15, -0.1) is 0 Å². The van der Waals surface area contributed by atoms with Crippen LogP contribution in [0, 0.1) is 0 Å². The van der Waals surface area contributed by atoms with E-state index in [4.69, 9.17) is 0 Å². The molecule has 4 nitrogen and oxygen atoms in total. The van der Waals surface area contributed by atoms with Gasteiger partial charge in [0.15, 0.2) is 0 Å². The highest BCUT2D eigenvalue weighted by molar-refractivity contribution is 6.45. The Balaban J connectivity index is 1.91. The first kappa shape index (κ1) is 13.6. The molecule has 1 unspecified atom stereocenters. The number of nitrogens with zero attached hydrogens (tertiary/aromatic N) is 1. The molecule has 1 saturated heterocycles. The highest BCUT2D eigenvalue weighted by Crippen LogP contribution is 2.51. The molecule has 106 valence electrons. The minimum atomic E-state index is -0.715. The number of benzene rings is 1. The van der Waals surface area contributed by atoms with Crippen LogP contribution >= 0.6 is 0 Å². The largest absolute Gasteiger partial charge is 0.481 e. The normalized spacial score (nSPS) is 24.6. The summed E-state index contributed by atoms with van der Waals surface area (Å²) in [6.45, 7) is 3.46. The summed E-state index contributed by atoms with van der Waals surface area (Å²) >= 11 is 0. The Morgan fingerprint density at radius 2 is 2.00 bits per heavy atom. The van der Waals surface area contributed by atoms with Gasteiger partial charge in [0.2, 0.25) is 0 Å². The van der Waals surface area contributed by atoms with Crippen LogP contribution in [0.25, 0.3) is 0 Å². The Morgan fingerprint density at radius 1 is 1.35 bits per heavy atom. The van der Waals surface area contributed by atoms with Gasteiger partial charge in [-0.3, -0.25) is 4.79 Å². The fraction of sp³-hybridized carbons (Fsp3) is 0.533. The van der Waals surface area contributed by atoms with Crippen molar-refractivity contribution in [1.82, 2.24) is 4.81 Å². The predicted octanol–water partition coefficient (Wildman–Crippen LogP) is 1.70. The summed E-state index contributed by atoms with van der Waals surface area (Å²) in [7, 11) is -0.417. The molecule has 5 heteroatoms. The van der Waals surface area contributed by atoms with E-state index in [0.717, 1.165) is 31.5 Å². The standard InChI is InChI=1S/C15H20BNO3/c1-16(20)17-8-6-15(7-9-17)10-12(14(18)19)11-4-2-3-5-13(11)15/h2-5,12,20H,6-10H2,1H3,(H,18,19). The lowest BCUT2D eigenvalue weighted by Crippen LogP contribution is -2.47. The summed E-state index contributed by atoms with van der Waals surface area (Å²) in [6, 6.07) is 7.99. The molecule has 0 aromatic heterocycles. The average molecular weight is 273 g/mol. The predicted molar refractivity (Wildman–Crippen MR) is 77.8 cm³/mol. The van der Waals surface area contributed by atoms with Crippen molar-refractivity contribution in [2.45, 2.75) is 37.4 Å². The lowest BCUT2D eigenvalue weighted by molar-refractivity contribution is -0.139. The zero-order valence-electron chi connectivity index (χ0n) is 11.7. The van der Waals surface area contributed by atoms with Gasteiger partial charge in [-0.1, -0.05) is 24.3 Å². The topological polar surface area (TPSA) is 60.8 Å². The van der Waals surface area contributed by atoms with E-state index in [-0.39, 0.29) is 11.3 Å². The fourth-order valence-corrected chi connectivity index (χ4v) is 3.91. The van der Waals surface area contributed by atoms with E-state index in [1.54, 1.807) is 6.82 Å². The third-order valence-electron chi connectivity index (χ3n) is 5.08.